The first kappa shape index (κ1) is 10.1. The number of carbonyl (C=O) groups excluding carboxylic acids is 1. The number of hydrogen-bond donors (Lipinski definition) is 0. The molecule has 0 aromatic heterocycles. The van der Waals surface area contributed by atoms with Gasteiger partial charge in [0.15, 0.2) is 6.29 Å². The van der Waals surface area contributed by atoms with Gasteiger partial charge in [-0.25, -0.2) is 0 Å². The van der Waals surface area contributed by atoms with E-state index in [1.807, 2.05) is 0 Å². The highest BCUT2D eigenvalue weighted by molar-refractivity contribution is 9.10. The number of nitrogens with zero attached hydrogens (tertiary/aromatic N) is 1. The van der Waals surface area contributed by atoms with E-state index in [-0.39, 0.29) is 16.3 Å². The van der Waals surface area contributed by atoms with Crippen molar-refractivity contribution >= 4 is 39.5 Å². The number of aldehydes is 1. The number of benzene rings is 1. The smallest absolute Gasteiger partial charge is 0.271 e. The second-order valence-electron chi connectivity index (χ2n) is 2.21. The fraction of sp³-hybridized carbons (Fsp3) is 0. The Morgan fingerprint density at radius 3 is 2.62 bits per heavy atom. The van der Waals surface area contributed by atoms with Gasteiger partial charge in [-0.05, 0) is 15.9 Å². The maximum atomic E-state index is 10.4. The summed E-state index contributed by atoms with van der Waals surface area (Å²) in [7, 11) is 0. The van der Waals surface area contributed by atoms with Gasteiger partial charge in [0.05, 0.1) is 9.95 Å². The first-order valence-corrected chi connectivity index (χ1v) is 4.32. The number of nitro groups is 1. The van der Waals surface area contributed by atoms with Crippen LogP contribution >= 0.6 is 27.5 Å². The molecular weight excluding hydrogens is 261 g/mol. The van der Waals surface area contributed by atoms with Gasteiger partial charge in [0.25, 0.3) is 5.69 Å². The number of rotatable bonds is 2. The lowest BCUT2D eigenvalue weighted by Crippen LogP contribution is -1.91. The quantitative estimate of drug-likeness (QED) is 0.469. The van der Waals surface area contributed by atoms with Crippen molar-refractivity contribution in [1.29, 1.82) is 0 Å². The number of non-ortho nitro benzene ring substituents is 1. The Morgan fingerprint density at radius 2 is 2.15 bits per heavy atom. The highest BCUT2D eigenvalue weighted by atomic mass is 79.9. The fourth-order valence-electron chi connectivity index (χ4n) is 0.787. The molecule has 1 aromatic rings. The van der Waals surface area contributed by atoms with Crippen LogP contribution in [0.5, 0.6) is 0 Å². The van der Waals surface area contributed by atoms with Gasteiger partial charge in [-0.2, -0.15) is 0 Å². The van der Waals surface area contributed by atoms with Crippen LogP contribution in [0, 0.1) is 10.1 Å². The lowest BCUT2D eigenvalue weighted by atomic mass is 10.2. The molecular formula is C7H3BrClNO3. The minimum Gasteiger partial charge on any atom is -0.298 e. The highest BCUT2D eigenvalue weighted by Gasteiger charge is 2.12. The molecule has 0 aliphatic heterocycles. The van der Waals surface area contributed by atoms with Crippen LogP contribution in [-0.4, -0.2) is 11.2 Å². The Hall–Kier alpha value is -0.940. The van der Waals surface area contributed by atoms with Gasteiger partial charge in [-0.15, -0.1) is 0 Å². The largest absolute Gasteiger partial charge is 0.298 e. The monoisotopic (exact) mass is 263 g/mol. The van der Waals surface area contributed by atoms with E-state index in [0.717, 1.165) is 6.07 Å². The molecule has 0 unspecified atom stereocenters. The molecule has 0 spiro atoms. The SMILES string of the molecule is O=Cc1cc([N+](=O)[O-])cc(Cl)c1Br. The molecule has 1 aromatic carbocycles. The molecule has 0 aliphatic rings. The van der Waals surface area contributed by atoms with E-state index in [2.05, 4.69) is 15.9 Å². The summed E-state index contributed by atoms with van der Waals surface area (Å²) in [6, 6.07) is 2.33. The van der Waals surface area contributed by atoms with Crippen molar-refractivity contribution in [1.82, 2.24) is 0 Å². The van der Waals surface area contributed by atoms with E-state index in [4.69, 9.17) is 11.6 Å². The molecule has 6 heteroatoms. The molecule has 0 atom stereocenters. The van der Waals surface area contributed by atoms with Crippen LogP contribution in [0.4, 0.5) is 5.69 Å². The van der Waals surface area contributed by atoms with Crippen LogP contribution in [-0.2, 0) is 0 Å². The summed E-state index contributed by atoms with van der Waals surface area (Å²) in [5, 5.41) is 10.5. The second-order valence-corrected chi connectivity index (χ2v) is 3.41. The van der Waals surface area contributed by atoms with E-state index in [1.165, 1.54) is 6.07 Å². The summed E-state index contributed by atoms with van der Waals surface area (Å²) >= 11 is 8.67. The molecule has 68 valence electrons. The van der Waals surface area contributed by atoms with Crippen molar-refractivity contribution in [3.05, 3.63) is 37.3 Å². The van der Waals surface area contributed by atoms with Crippen LogP contribution in [0.25, 0.3) is 0 Å². The van der Waals surface area contributed by atoms with E-state index >= 15 is 0 Å². The van der Waals surface area contributed by atoms with Gasteiger partial charge in [0.1, 0.15) is 0 Å². The number of halogens is 2. The summed E-state index contributed by atoms with van der Waals surface area (Å²) in [6.45, 7) is 0. The van der Waals surface area contributed by atoms with Crippen LogP contribution in [0.1, 0.15) is 10.4 Å². The van der Waals surface area contributed by atoms with E-state index < -0.39 is 4.92 Å². The predicted molar refractivity (Wildman–Crippen MR) is 51.2 cm³/mol. The molecule has 0 bridgehead atoms. The first-order chi connectivity index (χ1) is 6.06. The molecule has 0 heterocycles. The average molecular weight is 264 g/mol. The molecule has 0 amide bonds. The minimum absolute atomic E-state index is 0.149. The summed E-state index contributed by atoms with van der Waals surface area (Å²) in [5.41, 5.74) is -0.0329. The molecule has 1 rings (SSSR count). The molecule has 0 saturated carbocycles. The van der Waals surface area contributed by atoms with Gasteiger partial charge >= 0.3 is 0 Å². The molecule has 13 heavy (non-hydrogen) atoms. The zero-order valence-corrected chi connectivity index (χ0v) is 8.50. The molecule has 0 saturated heterocycles. The van der Waals surface area contributed by atoms with Crippen LogP contribution in [0.3, 0.4) is 0 Å². The lowest BCUT2D eigenvalue weighted by molar-refractivity contribution is -0.384. The normalized spacial score (nSPS) is 9.69. The van der Waals surface area contributed by atoms with Crippen LogP contribution in [0.15, 0.2) is 16.6 Å². The van der Waals surface area contributed by atoms with Crippen molar-refractivity contribution in [2.75, 3.05) is 0 Å². The Labute approximate surface area is 86.8 Å². The third-order valence-corrected chi connectivity index (χ3v) is 2.79. The second kappa shape index (κ2) is 3.85. The van der Waals surface area contributed by atoms with Gasteiger partial charge < -0.3 is 0 Å². The van der Waals surface area contributed by atoms with Crippen molar-refractivity contribution in [2.45, 2.75) is 0 Å². The van der Waals surface area contributed by atoms with Gasteiger partial charge in [0.2, 0.25) is 0 Å². The standard InChI is InChI=1S/C7H3BrClNO3/c8-7-4(3-11)1-5(10(12)13)2-6(7)9/h1-3H. The minimum atomic E-state index is -0.606. The van der Waals surface area contributed by atoms with Gasteiger partial charge in [-0.3, -0.25) is 14.9 Å². The van der Waals surface area contributed by atoms with E-state index in [9.17, 15) is 14.9 Å². The third kappa shape index (κ3) is 2.05. The molecule has 0 fully saturated rings. The Balaban J connectivity index is 3.38. The maximum Gasteiger partial charge on any atom is 0.271 e. The first-order valence-electron chi connectivity index (χ1n) is 3.15. The van der Waals surface area contributed by atoms with E-state index in [0.29, 0.717) is 10.8 Å². The Morgan fingerprint density at radius 1 is 1.54 bits per heavy atom. The van der Waals surface area contributed by atoms with Crippen molar-refractivity contribution in [3.8, 4) is 0 Å². The highest BCUT2D eigenvalue weighted by Crippen LogP contribution is 2.29. The van der Waals surface area contributed by atoms with Gasteiger partial charge in [-0.1, -0.05) is 11.6 Å². The van der Waals surface area contributed by atoms with Crippen molar-refractivity contribution in [2.24, 2.45) is 0 Å². The molecule has 4 nitrogen and oxygen atoms in total. The van der Waals surface area contributed by atoms with Crippen LogP contribution < -0.4 is 0 Å². The topological polar surface area (TPSA) is 60.2 Å². The predicted octanol–water partition coefficient (Wildman–Crippen LogP) is 2.82. The fourth-order valence-corrected chi connectivity index (χ4v) is 1.33. The summed E-state index contributed by atoms with van der Waals surface area (Å²) in [6.07, 6.45) is 0.503. The average Bonchev–Trinajstić information content (AvgIpc) is 2.09. The van der Waals surface area contributed by atoms with Gasteiger partial charge in [0, 0.05) is 22.2 Å². The lowest BCUT2D eigenvalue weighted by Gasteiger charge is -1.98. The molecule has 0 aliphatic carbocycles. The summed E-state index contributed by atoms with van der Waals surface area (Å²) in [4.78, 5) is 20.2. The zero-order valence-electron chi connectivity index (χ0n) is 6.16. The van der Waals surface area contributed by atoms with Crippen molar-refractivity contribution in [3.63, 3.8) is 0 Å². The maximum absolute atomic E-state index is 10.4. The third-order valence-electron chi connectivity index (χ3n) is 1.38. The number of carbonyl (C=O) groups is 1. The Kier molecular flexibility index (Phi) is 3.00. The summed E-state index contributed by atoms with van der Waals surface area (Å²) < 4.78 is 0.370. The summed E-state index contributed by atoms with van der Waals surface area (Å²) in [5.74, 6) is 0. The van der Waals surface area contributed by atoms with Crippen LogP contribution in [0.2, 0.25) is 5.02 Å². The number of hydrogen-bond acceptors (Lipinski definition) is 3. The molecule has 0 radical (unpaired) electrons. The van der Waals surface area contributed by atoms with Crippen molar-refractivity contribution < 1.29 is 9.72 Å². The number of nitro benzene ring substituents is 1. The van der Waals surface area contributed by atoms with E-state index in [1.54, 1.807) is 0 Å². The zero-order chi connectivity index (χ0) is 10.0. The molecule has 0 N–H and O–H groups in total. The Bertz CT molecular complexity index is 380.